The molecule has 0 atom stereocenters. The van der Waals surface area contributed by atoms with E-state index >= 15 is 0 Å². The van der Waals surface area contributed by atoms with Gasteiger partial charge in [0.15, 0.2) is 0 Å². The van der Waals surface area contributed by atoms with Crippen molar-refractivity contribution in [2.24, 2.45) is 5.14 Å². The summed E-state index contributed by atoms with van der Waals surface area (Å²) in [5, 5.41) is 3.88. The lowest BCUT2D eigenvalue weighted by atomic mass is 10.4. The SMILES string of the molecule is C1CCOC1.CCl.NS(=O)(=O)O. The van der Waals surface area contributed by atoms with Crippen molar-refractivity contribution in [3.05, 3.63) is 0 Å². The Hall–Kier alpha value is 0.120. The molecule has 0 aromatic rings. The molecular weight excluding hydrogens is 206 g/mol. The molecule has 1 heterocycles. The Morgan fingerprint density at radius 1 is 1.33 bits per heavy atom. The molecule has 7 heteroatoms. The van der Waals surface area contributed by atoms with E-state index in [1.54, 1.807) is 0 Å². The predicted molar refractivity (Wildman–Crippen MR) is 47.6 cm³/mol. The highest BCUT2D eigenvalue weighted by Gasteiger charge is 1.94. The van der Waals surface area contributed by atoms with E-state index in [1.807, 2.05) is 0 Å². The normalized spacial score (nSPS) is 15.3. The molecule has 76 valence electrons. The van der Waals surface area contributed by atoms with Crippen molar-refractivity contribution in [1.29, 1.82) is 0 Å². The van der Waals surface area contributed by atoms with E-state index in [1.165, 1.54) is 19.2 Å². The van der Waals surface area contributed by atoms with Crippen molar-refractivity contribution in [2.45, 2.75) is 12.8 Å². The summed E-state index contributed by atoms with van der Waals surface area (Å²) in [4.78, 5) is 0. The highest BCUT2D eigenvalue weighted by Crippen LogP contribution is 1.98. The Bertz CT molecular complexity index is 151. The zero-order chi connectivity index (χ0) is 10.0. The van der Waals surface area contributed by atoms with Crippen LogP contribution >= 0.6 is 11.6 Å². The van der Waals surface area contributed by atoms with E-state index in [9.17, 15) is 0 Å². The predicted octanol–water partition coefficient (Wildman–Crippen LogP) is 0.400. The molecule has 0 bridgehead atoms. The van der Waals surface area contributed by atoms with Gasteiger partial charge in [-0.25, -0.2) is 5.14 Å². The first-order valence-electron chi connectivity index (χ1n) is 3.21. The molecule has 5 nitrogen and oxygen atoms in total. The van der Waals surface area contributed by atoms with Crippen molar-refractivity contribution in [2.75, 3.05) is 19.6 Å². The molecular formula is C5H14ClNO4S. The van der Waals surface area contributed by atoms with Crippen LogP contribution in [0.5, 0.6) is 0 Å². The first-order valence-corrected chi connectivity index (χ1v) is 5.47. The standard InChI is InChI=1S/C4H8O.CH3Cl.H3NO3S/c1-2-4-5-3-1;1-2;1-5(2,3)4/h1-4H2;1H3;(H3,1,2,3,4). The maximum atomic E-state index is 8.97. The van der Waals surface area contributed by atoms with Crippen LogP contribution in [0, 0.1) is 0 Å². The summed E-state index contributed by atoms with van der Waals surface area (Å²) in [6.45, 7) is 2.00. The van der Waals surface area contributed by atoms with Crippen molar-refractivity contribution >= 4 is 21.9 Å². The Kier molecular flexibility index (Phi) is 11.2. The summed E-state index contributed by atoms with van der Waals surface area (Å²) >= 11 is 4.64. The van der Waals surface area contributed by atoms with E-state index < -0.39 is 10.3 Å². The van der Waals surface area contributed by atoms with E-state index in [4.69, 9.17) is 17.7 Å². The Morgan fingerprint density at radius 2 is 1.58 bits per heavy atom. The number of halogens is 1. The number of nitrogens with two attached hydrogens (primary N) is 1. The van der Waals surface area contributed by atoms with Crippen LogP contribution < -0.4 is 5.14 Å². The van der Waals surface area contributed by atoms with Gasteiger partial charge in [0.25, 0.3) is 0 Å². The van der Waals surface area contributed by atoms with Crippen LogP contribution in [0.4, 0.5) is 0 Å². The molecule has 0 aromatic heterocycles. The molecule has 0 amide bonds. The van der Waals surface area contributed by atoms with Crippen LogP contribution in [0.15, 0.2) is 0 Å². The van der Waals surface area contributed by atoms with Gasteiger partial charge in [0.1, 0.15) is 0 Å². The Morgan fingerprint density at radius 3 is 1.67 bits per heavy atom. The van der Waals surface area contributed by atoms with Gasteiger partial charge in [-0.2, -0.15) is 8.42 Å². The lowest BCUT2D eigenvalue weighted by Gasteiger charge is -1.76. The van der Waals surface area contributed by atoms with Gasteiger partial charge in [-0.1, -0.05) is 0 Å². The minimum atomic E-state index is -4.17. The maximum absolute atomic E-state index is 8.97. The third-order valence-corrected chi connectivity index (χ3v) is 0.827. The molecule has 3 N–H and O–H groups in total. The fourth-order valence-electron chi connectivity index (χ4n) is 0.510. The average Bonchev–Trinajstić information content (AvgIpc) is 2.41. The molecule has 1 rings (SSSR count). The van der Waals surface area contributed by atoms with Crippen LogP contribution in [-0.4, -0.2) is 32.6 Å². The Balaban J connectivity index is 0. The van der Waals surface area contributed by atoms with Gasteiger partial charge in [-0.15, -0.1) is 11.6 Å². The zero-order valence-corrected chi connectivity index (χ0v) is 8.44. The number of ether oxygens (including phenoxy) is 1. The number of hydrogen-bond acceptors (Lipinski definition) is 3. The van der Waals surface area contributed by atoms with Gasteiger partial charge in [0.05, 0.1) is 0 Å². The van der Waals surface area contributed by atoms with Gasteiger partial charge >= 0.3 is 10.3 Å². The van der Waals surface area contributed by atoms with E-state index in [-0.39, 0.29) is 0 Å². The van der Waals surface area contributed by atoms with Crippen molar-refractivity contribution in [3.63, 3.8) is 0 Å². The largest absolute Gasteiger partial charge is 0.381 e. The second kappa shape index (κ2) is 9.21. The van der Waals surface area contributed by atoms with Gasteiger partial charge < -0.3 is 4.74 Å². The second-order valence-electron chi connectivity index (χ2n) is 1.83. The molecule has 0 unspecified atom stereocenters. The minimum Gasteiger partial charge on any atom is -0.381 e. The molecule has 0 saturated carbocycles. The number of hydrogen-bond donors (Lipinski definition) is 2. The summed E-state index contributed by atoms with van der Waals surface area (Å²) in [6, 6.07) is 0. The quantitative estimate of drug-likeness (QED) is 0.456. The molecule has 12 heavy (non-hydrogen) atoms. The average molecular weight is 220 g/mol. The second-order valence-corrected chi connectivity index (χ2v) is 2.86. The van der Waals surface area contributed by atoms with Crippen molar-refractivity contribution in [1.82, 2.24) is 0 Å². The van der Waals surface area contributed by atoms with Crippen molar-refractivity contribution < 1.29 is 17.7 Å². The van der Waals surface area contributed by atoms with Crippen molar-refractivity contribution in [3.8, 4) is 0 Å². The Labute approximate surface area is 77.7 Å². The smallest absolute Gasteiger partial charge is 0.330 e. The molecule has 1 saturated heterocycles. The van der Waals surface area contributed by atoms with E-state index in [2.05, 4.69) is 16.7 Å². The summed E-state index contributed by atoms with van der Waals surface area (Å²) in [7, 11) is -4.17. The number of rotatable bonds is 0. The highest BCUT2D eigenvalue weighted by molar-refractivity contribution is 7.83. The zero-order valence-electron chi connectivity index (χ0n) is 6.86. The molecule has 0 aromatic carbocycles. The molecule has 1 aliphatic heterocycles. The fraction of sp³-hybridized carbons (Fsp3) is 1.00. The first-order chi connectivity index (χ1) is 5.50. The molecule has 0 radical (unpaired) electrons. The third-order valence-electron chi connectivity index (χ3n) is 0.827. The lowest BCUT2D eigenvalue weighted by molar-refractivity contribution is 0.198. The highest BCUT2D eigenvalue weighted by atomic mass is 35.5. The summed E-state index contributed by atoms with van der Waals surface area (Å²) in [5.41, 5.74) is 0. The van der Waals surface area contributed by atoms with Crippen LogP contribution in [0.1, 0.15) is 12.8 Å². The van der Waals surface area contributed by atoms with E-state index in [0.717, 1.165) is 13.2 Å². The van der Waals surface area contributed by atoms with Crippen LogP contribution in [-0.2, 0) is 15.0 Å². The molecule has 0 aliphatic carbocycles. The topological polar surface area (TPSA) is 89.6 Å². The molecule has 1 fully saturated rings. The van der Waals surface area contributed by atoms with E-state index in [0.29, 0.717) is 0 Å². The summed E-state index contributed by atoms with van der Waals surface area (Å²) in [6.07, 6.45) is 4.03. The monoisotopic (exact) mass is 219 g/mol. The number of alkyl halides is 1. The first kappa shape index (κ1) is 14.6. The lowest BCUT2D eigenvalue weighted by Crippen LogP contribution is -2.08. The van der Waals surface area contributed by atoms with Gasteiger partial charge in [0, 0.05) is 19.6 Å². The van der Waals surface area contributed by atoms with Crippen LogP contribution in [0.3, 0.4) is 0 Å². The molecule has 0 spiro atoms. The molecule has 1 aliphatic rings. The van der Waals surface area contributed by atoms with Crippen LogP contribution in [0.25, 0.3) is 0 Å². The maximum Gasteiger partial charge on any atom is 0.330 e. The van der Waals surface area contributed by atoms with Gasteiger partial charge in [-0.3, -0.25) is 4.55 Å². The third kappa shape index (κ3) is 32.1. The van der Waals surface area contributed by atoms with Crippen LogP contribution in [0.2, 0.25) is 0 Å². The summed E-state index contributed by atoms with van der Waals surface area (Å²) < 4.78 is 30.1. The van der Waals surface area contributed by atoms with Gasteiger partial charge in [-0.05, 0) is 12.8 Å². The minimum absolute atomic E-state index is 1.00. The summed E-state index contributed by atoms with van der Waals surface area (Å²) in [5.74, 6) is 0. The van der Waals surface area contributed by atoms with Gasteiger partial charge in [0.2, 0.25) is 0 Å². The fourth-order valence-corrected chi connectivity index (χ4v) is 0.510.